The van der Waals surface area contributed by atoms with Crippen LogP contribution in [0.4, 0.5) is 5.69 Å². The molecule has 1 aromatic carbocycles. The fourth-order valence-corrected chi connectivity index (χ4v) is 3.89. The van der Waals surface area contributed by atoms with Gasteiger partial charge in [-0.25, -0.2) is 0 Å². The summed E-state index contributed by atoms with van der Waals surface area (Å²) in [6, 6.07) is 8.20. The topological polar surface area (TPSA) is 40.4 Å². The number of aliphatic imine (C=N–C) groups is 1. The summed E-state index contributed by atoms with van der Waals surface area (Å²) in [7, 11) is 4.04. The number of amidine groups is 1. The van der Waals surface area contributed by atoms with Crippen LogP contribution in [0.15, 0.2) is 34.2 Å². The zero-order valence-electron chi connectivity index (χ0n) is 14.6. The Morgan fingerprint density at radius 2 is 1.92 bits per heavy atom. The number of anilines is 1. The van der Waals surface area contributed by atoms with Crippen LogP contribution in [-0.4, -0.2) is 62.8 Å². The lowest BCUT2D eigenvalue weighted by molar-refractivity contribution is -0.902. The first-order chi connectivity index (χ1) is 11.6. The van der Waals surface area contributed by atoms with E-state index < -0.39 is 0 Å². The Kier molecular flexibility index (Phi) is 5.26. The second-order valence-electron chi connectivity index (χ2n) is 6.39. The van der Waals surface area contributed by atoms with Crippen molar-refractivity contribution < 1.29 is 9.69 Å². The molecule has 1 aromatic rings. The Morgan fingerprint density at radius 1 is 1.25 bits per heavy atom. The molecule has 1 N–H and O–H groups in total. The summed E-state index contributed by atoms with van der Waals surface area (Å²) in [4.78, 5) is 23.1. The van der Waals surface area contributed by atoms with Crippen molar-refractivity contribution in [2.45, 2.75) is 6.92 Å². The average Bonchev–Trinajstić information content (AvgIpc) is 2.96. The Hall–Kier alpha value is -1.79. The molecule has 128 valence electrons. The number of benzene rings is 1. The predicted molar refractivity (Wildman–Crippen MR) is 102 cm³/mol. The van der Waals surface area contributed by atoms with Crippen molar-refractivity contribution in [1.29, 1.82) is 0 Å². The molecule has 0 saturated carbocycles. The minimum Gasteiger partial charge on any atom is -0.378 e. The lowest BCUT2D eigenvalue weighted by Crippen LogP contribution is -3.14. The number of rotatable bonds is 3. The number of quaternary nitrogens is 1. The SMILES string of the molecule is CC[NH+]1CCN(C2=NC(=O)C(=Cc3ccc(N(C)C)cc3)S2)CC1. The smallest absolute Gasteiger partial charge is 0.286 e. The summed E-state index contributed by atoms with van der Waals surface area (Å²) in [6.45, 7) is 7.59. The first-order valence-corrected chi connectivity index (χ1v) is 9.27. The number of likely N-dealkylation sites (N-methyl/N-ethyl adjacent to an activating group) is 1. The molecular formula is C18H25N4OS+. The zero-order chi connectivity index (χ0) is 17.1. The fourth-order valence-electron chi connectivity index (χ4n) is 2.92. The van der Waals surface area contributed by atoms with Gasteiger partial charge in [-0.3, -0.25) is 4.79 Å². The summed E-state index contributed by atoms with van der Waals surface area (Å²) in [6.07, 6.45) is 1.94. The molecule has 0 bridgehead atoms. The van der Waals surface area contributed by atoms with Gasteiger partial charge in [-0.15, -0.1) is 0 Å². The highest BCUT2D eigenvalue weighted by Crippen LogP contribution is 2.30. The highest BCUT2D eigenvalue weighted by atomic mass is 32.2. The van der Waals surface area contributed by atoms with Gasteiger partial charge in [-0.2, -0.15) is 4.99 Å². The van der Waals surface area contributed by atoms with Crippen molar-refractivity contribution in [1.82, 2.24) is 4.90 Å². The Bertz CT molecular complexity index is 658. The number of hydrogen-bond acceptors (Lipinski definition) is 4. The van der Waals surface area contributed by atoms with E-state index in [4.69, 9.17) is 0 Å². The van der Waals surface area contributed by atoms with Crippen molar-refractivity contribution in [2.75, 3.05) is 51.7 Å². The predicted octanol–water partition coefficient (Wildman–Crippen LogP) is 0.943. The quantitative estimate of drug-likeness (QED) is 0.828. The van der Waals surface area contributed by atoms with Gasteiger partial charge in [0.1, 0.15) is 0 Å². The van der Waals surface area contributed by atoms with Gasteiger partial charge in [0.2, 0.25) is 0 Å². The molecule has 1 fully saturated rings. The normalized spacial score (nSPS) is 20.6. The largest absolute Gasteiger partial charge is 0.378 e. The number of carbonyl (C=O) groups excluding carboxylic acids is 1. The molecule has 24 heavy (non-hydrogen) atoms. The molecular weight excluding hydrogens is 320 g/mol. The van der Waals surface area contributed by atoms with E-state index in [9.17, 15) is 4.79 Å². The second-order valence-corrected chi connectivity index (χ2v) is 7.40. The van der Waals surface area contributed by atoms with Gasteiger partial charge in [0.25, 0.3) is 5.91 Å². The van der Waals surface area contributed by atoms with Gasteiger partial charge in [0, 0.05) is 19.8 Å². The van der Waals surface area contributed by atoms with Crippen LogP contribution in [0.2, 0.25) is 0 Å². The Labute approximate surface area is 148 Å². The van der Waals surface area contributed by atoms with E-state index in [0.717, 1.165) is 42.6 Å². The van der Waals surface area contributed by atoms with Crippen molar-refractivity contribution in [3.63, 3.8) is 0 Å². The summed E-state index contributed by atoms with van der Waals surface area (Å²) in [5.74, 6) is -0.114. The van der Waals surface area contributed by atoms with Gasteiger partial charge in [0.05, 0.1) is 37.6 Å². The van der Waals surface area contributed by atoms with Crippen LogP contribution in [0.25, 0.3) is 6.08 Å². The number of piperazine rings is 1. The van der Waals surface area contributed by atoms with Crippen molar-refractivity contribution in [3.8, 4) is 0 Å². The summed E-state index contributed by atoms with van der Waals surface area (Å²) in [5.41, 5.74) is 2.18. The summed E-state index contributed by atoms with van der Waals surface area (Å²) >= 11 is 1.51. The lowest BCUT2D eigenvalue weighted by atomic mass is 10.2. The molecule has 6 heteroatoms. The van der Waals surface area contributed by atoms with Gasteiger partial charge in [-0.05, 0) is 42.5 Å². The summed E-state index contributed by atoms with van der Waals surface area (Å²) < 4.78 is 0. The average molecular weight is 345 g/mol. The molecule has 0 radical (unpaired) electrons. The maximum Gasteiger partial charge on any atom is 0.286 e. The van der Waals surface area contributed by atoms with Crippen LogP contribution in [0.1, 0.15) is 12.5 Å². The van der Waals surface area contributed by atoms with Crippen LogP contribution < -0.4 is 9.80 Å². The van der Waals surface area contributed by atoms with E-state index in [2.05, 4.69) is 33.8 Å². The second kappa shape index (κ2) is 7.40. The van der Waals surface area contributed by atoms with Crippen LogP contribution in [0.5, 0.6) is 0 Å². The van der Waals surface area contributed by atoms with E-state index in [1.165, 1.54) is 18.3 Å². The van der Waals surface area contributed by atoms with Crippen LogP contribution in [0, 0.1) is 0 Å². The van der Waals surface area contributed by atoms with Crippen molar-refractivity contribution in [2.24, 2.45) is 4.99 Å². The molecule has 2 aliphatic heterocycles. The van der Waals surface area contributed by atoms with Gasteiger partial charge >= 0.3 is 0 Å². The molecule has 3 rings (SSSR count). The van der Waals surface area contributed by atoms with E-state index in [1.807, 2.05) is 32.3 Å². The van der Waals surface area contributed by atoms with Crippen molar-refractivity contribution >= 4 is 34.6 Å². The first kappa shape index (κ1) is 17.0. The molecule has 2 heterocycles. The third-order valence-corrected chi connectivity index (χ3v) is 5.60. The highest BCUT2D eigenvalue weighted by Gasteiger charge is 2.29. The van der Waals surface area contributed by atoms with Gasteiger partial charge in [0.15, 0.2) is 5.17 Å². The monoisotopic (exact) mass is 345 g/mol. The molecule has 0 unspecified atom stereocenters. The lowest BCUT2D eigenvalue weighted by Gasteiger charge is -2.32. The molecule has 0 spiro atoms. The van der Waals surface area contributed by atoms with Crippen LogP contribution in [0.3, 0.4) is 0 Å². The Morgan fingerprint density at radius 3 is 2.50 bits per heavy atom. The zero-order valence-corrected chi connectivity index (χ0v) is 15.4. The minimum atomic E-state index is -0.114. The third kappa shape index (κ3) is 3.82. The number of thioether (sulfide) groups is 1. The number of amides is 1. The molecule has 0 aromatic heterocycles. The molecule has 1 saturated heterocycles. The molecule has 1 amide bonds. The fraction of sp³-hybridized carbons (Fsp3) is 0.444. The third-order valence-electron chi connectivity index (χ3n) is 4.56. The number of carbonyl (C=O) groups is 1. The highest BCUT2D eigenvalue weighted by molar-refractivity contribution is 8.18. The standard InChI is InChI=1S/C18H24N4OS/c1-4-21-9-11-22(12-10-21)18-19-17(23)16(24-18)13-14-5-7-15(8-6-14)20(2)3/h5-8,13H,4,9-12H2,1-3H3/p+1. The summed E-state index contributed by atoms with van der Waals surface area (Å²) in [5, 5.41) is 0.867. The molecule has 0 atom stereocenters. The van der Waals surface area contributed by atoms with E-state index in [0.29, 0.717) is 4.91 Å². The maximum absolute atomic E-state index is 12.2. The number of hydrogen-bond donors (Lipinski definition) is 1. The molecule has 2 aliphatic rings. The number of nitrogens with one attached hydrogen (secondary N) is 1. The van der Waals surface area contributed by atoms with E-state index in [-0.39, 0.29) is 5.91 Å². The van der Waals surface area contributed by atoms with Crippen molar-refractivity contribution in [3.05, 3.63) is 34.7 Å². The van der Waals surface area contributed by atoms with E-state index >= 15 is 0 Å². The molecule has 0 aliphatic carbocycles. The van der Waals surface area contributed by atoms with E-state index in [1.54, 1.807) is 4.90 Å². The molecule has 5 nitrogen and oxygen atoms in total. The van der Waals surface area contributed by atoms with Gasteiger partial charge in [-0.1, -0.05) is 12.1 Å². The van der Waals surface area contributed by atoms with Crippen LogP contribution in [-0.2, 0) is 4.79 Å². The Balaban J connectivity index is 1.66. The minimum absolute atomic E-state index is 0.114. The maximum atomic E-state index is 12.2. The van der Waals surface area contributed by atoms with Gasteiger partial charge < -0.3 is 14.7 Å². The first-order valence-electron chi connectivity index (χ1n) is 8.45. The number of nitrogens with zero attached hydrogens (tertiary/aromatic N) is 3. The van der Waals surface area contributed by atoms with Crippen LogP contribution >= 0.6 is 11.8 Å².